The molecule has 0 aromatic heterocycles. The van der Waals surface area contributed by atoms with Gasteiger partial charge in [-0.05, 0) is 67.1 Å². The van der Waals surface area contributed by atoms with Crippen LogP contribution >= 0.6 is 11.6 Å². The van der Waals surface area contributed by atoms with Gasteiger partial charge in [-0.25, -0.2) is 4.79 Å². The fourth-order valence-corrected chi connectivity index (χ4v) is 2.93. The van der Waals surface area contributed by atoms with Gasteiger partial charge in [0, 0.05) is 28.4 Å². The molecule has 0 aliphatic carbocycles. The number of ether oxygens (including phenoxy) is 2. The van der Waals surface area contributed by atoms with Crippen LogP contribution in [0, 0.1) is 0 Å². The third-order valence-corrected chi connectivity index (χ3v) is 4.57. The Bertz CT molecular complexity index is 1100. The Morgan fingerprint density at radius 1 is 0.875 bits per heavy atom. The number of carbonyl (C=O) groups excluding carboxylic acids is 3. The van der Waals surface area contributed by atoms with Gasteiger partial charge in [0.2, 0.25) is 0 Å². The zero-order valence-corrected chi connectivity index (χ0v) is 18.0. The van der Waals surface area contributed by atoms with E-state index in [0.717, 1.165) is 5.56 Å². The maximum Gasteiger partial charge on any atom is 0.513 e. The smallest absolute Gasteiger partial charge is 0.434 e. The van der Waals surface area contributed by atoms with Crippen molar-refractivity contribution in [3.05, 3.63) is 94.5 Å². The highest BCUT2D eigenvalue weighted by molar-refractivity contribution is 6.30. The molecule has 0 bridgehead atoms. The van der Waals surface area contributed by atoms with Gasteiger partial charge in [-0.1, -0.05) is 29.8 Å². The molecule has 0 heterocycles. The van der Waals surface area contributed by atoms with E-state index in [0.29, 0.717) is 28.4 Å². The Labute approximate surface area is 190 Å². The van der Waals surface area contributed by atoms with Crippen LogP contribution in [0.3, 0.4) is 0 Å². The molecular weight excluding hydrogens is 432 g/mol. The fraction of sp³-hybridized carbons (Fsp3) is 0.125. The van der Waals surface area contributed by atoms with Gasteiger partial charge in [-0.2, -0.15) is 0 Å². The highest BCUT2D eigenvalue weighted by atomic mass is 35.5. The van der Waals surface area contributed by atoms with Crippen molar-refractivity contribution in [3.63, 3.8) is 0 Å². The summed E-state index contributed by atoms with van der Waals surface area (Å²) in [5.41, 5.74) is 2.37. The van der Waals surface area contributed by atoms with E-state index in [4.69, 9.17) is 21.1 Å². The quantitative estimate of drug-likeness (QED) is 0.386. The first kappa shape index (κ1) is 22.8. The van der Waals surface area contributed by atoms with E-state index in [2.05, 4.69) is 10.6 Å². The van der Waals surface area contributed by atoms with Crippen LogP contribution in [-0.4, -0.2) is 24.6 Å². The number of benzene rings is 3. The van der Waals surface area contributed by atoms with Gasteiger partial charge in [0.1, 0.15) is 5.75 Å². The zero-order valence-electron chi connectivity index (χ0n) is 17.3. The van der Waals surface area contributed by atoms with E-state index in [1.807, 2.05) is 12.1 Å². The third kappa shape index (κ3) is 6.58. The van der Waals surface area contributed by atoms with E-state index in [-0.39, 0.29) is 24.2 Å². The molecule has 0 spiro atoms. The van der Waals surface area contributed by atoms with Crippen LogP contribution in [0.4, 0.5) is 10.5 Å². The molecule has 7 nitrogen and oxygen atoms in total. The number of anilines is 1. The molecule has 0 radical (unpaired) electrons. The van der Waals surface area contributed by atoms with Crippen LogP contribution in [0.2, 0.25) is 5.02 Å². The molecule has 32 heavy (non-hydrogen) atoms. The van der Waals surface area contributed by atoms with Crippen molar-refractivity contribution >= 4 is 35.3 Å². The Morgan fingerprint density at radius 2 is 1.59 bits per heavy atom. The van der Waals surface area contributed by atoms with E-state index in [9.17, 15) is 14.4 Å². The lowest BCUT2D eigenvalue weighted by Gasteiger charge is -2.09. The lowest BCUT2D eigenvalue weighted by molar-refractivity contribution is 0.0949. The van der Waals surface area contributed by atoms with Gasteiger partial charge in [0.25, 0.3) is 11.8 Å². The average molecular weight is 453 g/mol. The van der Waals surface area contributed by atoms with Crippen LogP contribution in [-0.2, 0) is 11.3 Å². The summed E-state index contributed by atoms with van der Waals surface area (Å²) in [6.45, 7) is 2.23. The van der Waals surface area contributed by atoms with E-state index >= 15 is 0 Å². The molecule has 8 heteroatoms. The number of rotatable bonds is 7. The van der Waals surface area contributed by atoms with Crippen molar-refractivity contribution in [1.29, 1.82) is 0 Å². The minimum atomic E-state index is -0.798. The maximum absolute atomic E-state index is 12.4. The lowest BCUT2D eigenvalue weighted by atomic mass is 10.1. The van der Waals surface area contributed by atoms with Crippen LogP contribution in [0.15, 0.2) is 72.8 Å². The van der Waals surface area contributed by atoms with Crippen LogP contribution < -0.4 is 15.4 Å². The summed E-state index contributed by atoms with van der Waals surface area (Å²) in [6, 6.07) is 19.9. The number of nitrogens with one attached hydrogen (secondary N) is 2. The molecule has 0 atom stereocenters. The van der Waals surface area contributed by atoms with Crippen LogP contribution in [0.25, 0.3) is 0 Å². The predicted molar refractivity (Wildman–Crippen MR) is 121 cm³/mol. The summed E-state index contributed by atoms with van der Waals surface area (Å²) in [5, 5.41) is 6.11. The molecule has 164 valence electrons. The molecule has 2 amide bonds. The minimum Gasteiger partial charge on any atom is -0.434 e. The average Bonchev–Trinajstić information content (AvgIpc) is 2.79. The fourth-order valence-electron chi connectivity index (χ4n) is 2.74. The van der Waals surface area contributed by atoms with Crippen molar-refractivity contribution in [3.8, 4) is 5.75 Å². The Morgan fingerprint density at radius 3 is 2.25 bits per heavy atom. The van der Waals surface area contributed by atoms with Crippen molar-refractivity contribution in [2.75, 3.05) is 11.9 Å². The van der Waals surface area contributed by atoms with Crippen molar-refractivity contribution in [2.24, 2.45) is 0 Å². The summed E-state index contributed by atoms with van der Waals surface area (Å²) >= 11 is 5.91. The summed E-state index contributed by atoms with van der Waals surface area (Å²) < 4.78 is 9.67. The van der Waals surface area contributed by atoms with Crippen molar-refractivity contribution in [1.82, 2.24) is 5.32 Å². The zero-order chi connectivity index (χ0) is 22.9. The Hall–Kier alpha value is -3.84. The first-order chi connectivity index (χ1) is 15.4. The molecule has 2 N–H and O–H groups in total. The van der Waals surface area contributed by atoms with E-state index < -0.39 is 6.16 Å². The SMILES string of the molecule is CCOC(=O)Oc1ccc(C(=O)Nc2ccc(CNC(=O)c3cccc(Cl)c3)cc2)cc1. The molecule has 3 aromatic carbocycles. The highest BCUT2D eigenvalue weighted by Crippen LogP contribution is 2.16. The molecular formula is C24H21ClN2O5. The third-order valence-electron chi connectivity index (χ3n) is 4.33. The van der Waals surface area contributed by atoms with Gasteiger partial charge >= 0.3 is 6.16 Å². The van der Waals surface area contributed by atoms with Gasteiger partial charge < -0.3 is 20.1 Å². The molecule has 0 saturated heterocycles. The lowest BCUT2D eigenvalue weighted by Crippen LogP contribution is -2.22. The van der Waals surface area contributed by atoms with Crippen molar-refractivity contribution < 1.29 is 23.9 Å². The molecule has 0 fully saturated rings. The van der Waals surface area contributed by atoms with Crippen molar-refractivity contribution in [2.45, 2.75) is 13.5 Å². The van der Waals surface area contributed by atoms with Gasteiger partial charge in [0.05, 0.1) is 6.61 Å². The molecule has 3 rings (SSSR count). The Kier molecular flexibility index (Phi) is 7.83. The van der Waals surface area contributed by atoms with Crippen LogP contribution in [0.1, 0.15) is 33.2 Å². The summed E-state index contributed by atoms with van der Waals surface area (Å²) in [5.74, 6) is -0.251. The second kappa shape index (κ2) is 11.0. The summed E-state index contributed by atoms with van der Waals surface area (Å²) in [4.78, 5) is 35.9. The van der Waals surface area contributed by atoms with Crippen LogP contribution in [0.5, 0.6) is 5.75 Å². The monoisotopic (exact) mass is 452 g/mol. The largest absolute Gasteiger partial charge is 0.513 e. The first-order valence-electron chi connectivity index (χ1n) is 9.83. The normalized spacial score (nSPS) is 10.2. The maximum atomic E-state index is 12.4. The second-order valence-corrected chi connectivity index (χ2v) is 7.09. The second-order valence-electron chi connectivity index (χ2n) is 6.65. The standard InChI is InChI=1S/C24H21ClN2O5/c1-2-31-24(30)32-21-12-8-17(9-13-21)23(29)27-20-10-6-16(7-11-20)15-26-22(28)18-4-3-5-19(25)14-18/h3-14H,2,15H2,1H3,(H,26,28)(H,27,29). The van der Waals surface area contributed by atoms with E-state index in [1.54, 1.807) is 55.5 Å². The number of carbonyl (C=O) groups is 3. The summed E-state index contributed by atoms with van der Waals surface area (Å²) in [6.07, 6.45) is -0.798. The molecule has 0 aliphatic heterocycles. The number of amides is 2. The van der Waals surface area contributed by atoms with E-state index in [1.165, 1.54) is 12.1 Å². The van der Waals surface area contributed by atoms with Gasteiger partial charge in [-0.3, -0.25) is 9.59 Å². The number of hydrogen-bond donors (Lipinski definition) is 2. The Balaban J connectivity index is 1.52. The first-order valence-corrected chi connectivity index (χ1v) is 10.2. The number of halogens is 1. The molecule has 0 unspecified atom stereocenters. The highest BCUT2D eigenvalue weighted by Gasteiger charge is 2.09. The van der Waals surface area contributed by atoms with Gasteiger partial charge in [-0.15, -0.1) is 0 Å². The predicted octanol–water partition coefficient (Wildman–Crippen LogP) is 5.06. The number of hydrogen-bond acceptors (Lipinski definition) is 5. The summed E-state index contributed by atoms with van der Waals surface area (Å²) in [7, 11) is 0. The molecule has 3 aromatic rings. The topological polar surface area (TPSA) is 93.7 Å². The molecule has 0 saturated carbocycles. The minimum absolute atomic E-state index is 0.215. The molecule has 0 aliphatic rings. The van der Waals surface area contributed by atoms with Gasteiger partial charge in [0.15, 0.2) is 0 Å².